The Hall–Kier alpha value is -0.410. The Kier molecular flexibility index (Phi) is 5.40. The maximum atomic E-state index is 4.99. The molecule has 0 radical (unpaired) electrons. The van der Waals surface area contributed by atoms with Gasteiger partial charge in [0.05, 0.1) is 10.7 Å². The van der Waals surface area contributed by atoms with Crippen LogP contribution in [0, 0.1) is 0 Å². The number of rotatable bonds is 5. The van der Waals surface area contributed by atoms with E-state index in [1.165, 1.54) is 47.7 Å². The molecule has 2 nitrogen and oxygen atoms in total. The summed E-state index contributed by atoms with van der Waals surface area (Å²) >= 11 is 1.96. The van der Waals surface area contributed by atoms with Gasteiger partial charge in [0.1, 0.15) is 0 Å². The molecule has 0 spiro atoms. The van der Waals surface area contributed by atoms with Gasteiger partial charge in [0.15, 0.2) is 0 Å². The van der Waals surface area contributed by atoms with Crippen molar-refractivity contribution in [1.82, 2.24) is 10.3 Å². The highest BCUT2D eigenvalue weighted by molar-refractivity contribution is 7.11. The first-order valence-electron chi connectivity index (χ1n) is 7.80. The fraction of sp³-hybridized carbons (Fsp3) is 0.812. The molecule has 1 aromatic heterocycles. The van der Waals surface area contributed by atoms with E-state index in [1.807, 2.05) is 11.3 Å². The Morgan fingerprint density at radius 2 is 1.84 bits per heavy atom. The Morgan fingerprint density at radius 3 is 2.42 bits per heavy atom. The van der Waals surface area contributed by atoms with Crippen LogP contribution in [0.1, 0.15) is 87.2 Å². The van der Waals surface area contributed by atoms with E-state index in [2.05, 4.69) is 33.0 Å². The van der Waals surface area contributed by atoms with E-state index in [1.54, 1.807) is 0 Å². The summed E-state index contributed by atoms with van der Waals surface area (Å²) < 4.78 is 0. The van der Waals surface area contributed by atoms with Crippen LogP contribution in [0.15, 0.2) is 0 Å². The van der Waals surface area contributed by atoms with Crippen molar-refractivity contribution in [3.63, 3.8) is 0 Å². The molecular formula is C16H28N2S. The number of thiazole rings is 1. The molecule has 1 saturated carbocycles. The van der Waals surface area contributed by atoms with Gasteiger partial charge in [-0.2, -0.15) is 0 Å². The van der Waals surface area contributed by atoms with Crippen LogP contribution in [-0.4, -0.2) is 11.0 Å². The van der Waals surface area contributed by atoms with Crippen LogP contribution in [0.5, 0.6) is 0 Å². The molecule has 0 unspecified atom stereocenters. The van der Waals surface area contributed by atoms with Gasteiger partial charge in [-0.3, -0.25) is 0 Å². The second-order valence-corrected chi connectivity index (χ2v) is 7.50. The van der Waals surface area contributed by atoms with E-state index < -0.39 is 0 Å². The summed E-state index contributed by atoms with van der Waals surface area (Å²) in [6.45, 7) is 9.92. The van der Waals surface area contributed by atoms with Gasteiger partial charge < -0.3 is 5.32 Å². The molecule has 0 saturated heterocycles. The first-order chi connectivity index (χ1) is 9.08. The number of hydrogen-bond acceptors (Lipinski definition) is 3. The normalized spacial score (nSPS) is 17.6. The molecule has 0 aromatic carbocycles. The predicted octanol–water partition coefficient (Wildman–Crippen LogP) is 4.81. The summed E-state index contributed by atoms with van der Waals surface area (Å²) in [4.78, 5) is 6.45. The third-order valence-corrected chi connectivity index (χ3v) is 5.15. The molecule has 1 aliphatic rings. The minimum absolute atomic E-state index is 0.539. The molecule has 1 aliphatic carbocycles. The Labute approximate surface area is 122 Å². The number of nitrogens with one attached hydrogen (secondary N) is 1. The molecule has 2 rings (SSSR count). The van der Waals surface area contributed by atoms with Gasteiger partial charge in [0.2, 0.25) is 0 Å². The summed E-state index contributed by atoms with van der Waals surface area (Å²) in [5.41, 5.74) is 1.33. The fourth-order valence-corrected chi connectivity index (χ4v) is 4.12. The lowest BCUT2D eigenvalue weighted by atomic mass is 9.90. The summed E-state index contributed by atoms with van der Waals surface area (Å²) in [5, 5.41) is 4.95. The zero-order chi connectivity index (χ0) is 13.8. The Morgan fingerprint density at radius 1 is 1.16 bits per heavy atom. The fourth-order valence-electron chi connectivity index (χ4n) is 2.78. The van der Waals surface area contributed by atoms with Crippen molar-refractivity contribution in [3.8, 4) is 0 Å². The van der Waals surface area contributed by atoms with Gasteiger partial charge in [-0.25, -0.2) is 4.98 Å². The van der Waals surface area contributed by atoms with Crippen LogP contribution in [0.25, 0.3) is 0 Å². The monoisotopic (exact) mass is 280 g/mol. The van der Waals surface area contributed by atoms with Crippen LogP contribution in [0.3, 0.4) is 0 Å². The van der Waals surface area contributed by atoms with Crippen molar-refractivity contribution in [1.29, 1.82) is 0 Å². The molecule has 1 heterocycles. The van der Waals surface area contributed by atoms with E-state index in [9.17, 15) is 0 Å². The zero-order valence-electron chi connectivity index (χ0n) is 12.8. The van der Waals surface area contributed by atoms with Gasteiger partial charge in [0, 0.05) is 23.4 Å². The molecule has 1 N–H and O–H groups in total. The third-order valence-electron chi connectivity index (χ3n) is 3.92. The van der Waals surface area contributed by atoms with E-state index in [4.69, 9.17) is 4.98 Å². The van der Waals surface area contributed by atoms with Gasteiger partial charge >= 0.3 is 0 Å². The van der Waals surface area contributed by atoms with Gasteiger partial charge in [0.25, 0.3) is 0 Å². The molecule has 0 amide bonds. The van der Waals surface area contributed by atoms with Crippen LogP contribution in [0.4, 0.5) is 0 Å². The second kappa shape index (κ2) is 6.85. The summed E-state index contributed by atoms with van der Waals surface area (Å²) in [6, 6.07) is 0.542. The highest BCUT2D eigenvalue weighted by Crippen LogP contribution is 2.37. The Balaban J connectivity index is 2.13. The van der Waals surface area contributed by atoms with E-state index in [-0.39, 0.29) is 0 Å². The van der Waals surface area contributed by atoms with Crippen molar-refractivity contribution >= 4 is 11.3 Å². The zero-order valence-corrected chi connectivity index (χ0v) is 13.6. The molecule has 0 aliphatic heterocycles. The van der Waals surface area contributed by atoms with Crippen LogP contribution in [-0.2, 0) is 6.54 Å². The van der Waals surface area contributed by atoms with Crippen molar-refractivity contribution in [2.24, 2.45) is 0 Å². The molecule has 1 aromatic rings. The average molecular weight is 280 g/mol. The molecule has 3 heteroatoms. The summed E-state index contributed by atoms with van der Waals surface area (Å²) in [6.07, 6.45) is 6.90. The van der Waals surface area contributed by atoms with Crippen molar-refractivity contribution in [2.75, 3.05) is 0 Å². The minimum atomic E-state index is 0.539. The standard InChI is InChI=1S/C16H28N2S/c1-11(2)15-14(10-17-12(3)4)19-16(18-15)13-8-6-5-7-9-13/h11-13,17H,5-10H2,1-4H3. The highest BCUT2D eigenvalue weighted by atomic mass is 32.1. The topological polar surface area (TPSA) is 24.9 Å². The SMILES string of the molecule is CC(C)NCc1sc(C2CCCCC2)nc1C(C)C. The van der Waals surface area contributed by atoms with Gasteiger partial charge in [-0.1, -0.05) is 47.0 Å². The van der Waals surface area contributed by atoms with E-state index >= 15 is 0 Å². The van der Waals surface area contributed by atoms with Crippen LogP contribution >= 0.6 is 11.3 Å². The number of aromatic nitrogens is 1. The smallest absolute Gasteiger partial charge is 0.0962 e. The highest BCUT2D eigenvalue weighted by Gasteiger charge is 2.22. The first-order valence-corrected chi connectivity index (χ1v) is 8.62. The number of nitrogens with zero attached hydrogens (tertiary/aromatic N) is 1. The Bertz CT molecular complexity index is 389. The molecule has 1 fully saturated rings. The lowest BCUT2D eigenvalue weighted by Gasteiger charge is -2.19. The minimum Gasteiger partial charge on any atom is -0.310 e. The maximum absolute atomic E-state index is 4.99. The number of hydrogen-bond donors (Lipinski definition) is 1. The third kappa shape index (κ3) is 4.03. The van der Waals surface area contributed by atoms with Crippen molar-refractivity contribution in [2.45, 2.75) is 84.2 Å². The van der Waals surface area contributed by atoms with E-state index in [0.29, 0.717) is 12.0 Å². The van der Waals surface area contributed by atoms with Crippen molar-refractivity contribution < 1.29 is 0 Å². The van der Waals surface area contributed by atoms with Crippen molar-refractivity contribution in [3.05, 3.63) is 15.6 Å². The molecular weight excluding hydrogens is 252 g/mol. The predicted molar refractivity (Wildman–Crippen MR) is 84.0 cm³/mol. The lowest BCUT2D eigenvalue weighted by Crippen LogP contribution is -2.22. The first kappa shape index (κ1) is 15.0. The van der Waals surface area contributed by atoms with Gasteiger partial charge in [-0.15, -0.1) is 11.3 Å². The molecule has 19 heavy (non-hydrogen) atoms. The molecule has 0 atom stereocenters. The second-order valence-electron chi connectivity index (χ2n) is 6.39. The average Bonchev–Trinajstić information content (AvgIpc) is 2.81. The largest absolute Gasteiger partial charge is 0.310 e. The van der Waals surface area contributed by atoms with Gasteiger partial charge in [-0.05, 0) is 18.8 Å². The van der Waals surface area contributed by atoms with Crippen LogP contribution < -0.4 is 5.32 Å². The maximum Gasteiger partial charge on any atom is 0.0962 e. The molecule has 108 valence electrons. The molecule has 0 bridgehead atoms. The summed E-state index contributed by atoms with van der Waals surface area (Å²) in [5.74, 6) is 1.28. The lowest BCUT2D eigenvalue weighted by molar-refractivity contribution is 0.441. The quantitative estimate of drug-likeness (QED) is 0.837. The van der Waals surface area contributed by atoms with Crippen LogP contribution in [0.2, 0.25) is 0 Å². The summed E-state index contributed by atoms with van der Waals surface area (Å²) in [7, 11) is 0. The van der Waals surface area contributed by atoms with E-state index in [0.717, 1.165) is 12.5 Å².